The lowest BCUT2D eigenvalue weighted by Crippen LogP contribution is -2.48. The summed E-state index contributed by atoms with van der Waals surface area (Å²) in [7, 11) is 0. The Morgan fingerprint density at radius 3 is 2.71 bits per heavy atom. The van der Waals surface area contributed by atoms with Crippen LogP contribution in [0.5, 0.6) is 0 Å². The molecule has 1 aromatic heterocycles. The van der Waals surface area contributed by atoms with Crippen molar-refractivity contribution in [1.29, 1.82) is 0 Å². The lowest BCUT2D eigenvalue weighted by molar-refractivity contribution is -0.137. The smallest absolute Gasteiger partial charge is 0.370 e. The lowest BCUT2D eigenvalue weighted by Gasteiger charge is -2.35. The molecule has 10 heteroatoms. The standard InChI is InChI=1S/C21H28F3N5O2/c1-5-25-19(26-12-17-27-18(31-28-17)20(2,3)4)29-9-10-30-16(13-29)14-7-6-8-15(11-14)21(22,23)24/h6-8,11,16H,5,9-10,12-13H2,1-4H3,(H,25,26). The first-order valence-electron chi connectivity index (χ1n) is 10.2. The Morgan fingerprint density at radius 2 is 2.06 bits per heavy atom. The highest BCUT2D eigenvalue weighted by atomic mass is 19.4. The van der Waals surface area contributed by atoms with E-state index < -0.39 is 17.8 Å². The third kappa shape index (κ3) is 5.96. The summed E-state index contributed by atoms with van der Waals surface area (Å²) < 4.78 is 50.3. The van der Waals surface area contributed by atoms with Gasteiger partial charge < -0.3 is 19.5 Å². The van der Waals surface area contributed by atoms with Gasteiger partial charge in [-0.25, -0.2) is 4.99 Å². The molecule has 1 unspecified atom stereocenters. The number of nitrogens with one attached hydrogen (secondary N) is 1. The summed E-state index contributed by atoms with van der Waals surface area (Å²) in [6, 6.07) is 5.27. The van der Waals surface area contributed by atoms with E-state index in [-0.39, 0.29) is 12.0 Å². The van der Waals surface area contributed by atoms with Crippen molar-refractivity contribution in [2.75, 3.05) is 26.2 Å². The number of halogens is 3. The fourth-order valence-corrected chi connectivity index (χ4v) is 3.15. The van der Waals surface area contributed by atoms with Gasteiger partial charge in [0.05, 0.1) is 18.7 Å². The van der Waals surface area contributed by atoms with E-state index in [0.717, 1.165) is 12.1 Å². The third-order valence-corrected chi connectivity index (χ3v) is 4.77. The molecule has 0 amide bonds. The van der Waals surface area contributed by atoms with E-state index in [1.165, 1.54) is 6.07 Å². The lowest BCUT2D eigenvalue weighted by atomic mass is 9.97. The highest BCUT2D eigenvalue weighted by molar-refractivity contribution is 5.80. The van der Waals surface area contributed by atoms with Gasteiger partial charge in [0.1, 0.15) is 12.6 Å². The van der Waals surface area contributed by atoms with Crippen molar-refractivity contribution in [3.63, 3.8) is 0 Å². The van der Waals surface area contributed by atoms with Gasteiger partial charge in [-0.05, 0) is 24.6 Å². The Bertz CT molecular complexity index is 905. The summed E-state index contributed by atoms with van der Waals surface area (Å²) in [4.78, 5) is 11.0. The van der Waals surface area contributed by atoms with Gasteiger partial charge in [-0.1, -0.05) is 38.1 Å². The Kier molecular flexibility index (Phi) is 6.88. The quantitative estimate of drug-likeness (QED) is 0.575. The van der Waals surface area contributed by atoms with E-state index >= 15 is 0 Å². The Morgan fingerprint density at radius 1 is 1.29 bits per heavy atom. The fraction of sp³-hybridized carbons (Fsp3) is 0.571. The molecule has 1 aromatic carbocycles. The molecular formula is C21H28F3N5O2. The molecule has 7 nitrogen and oxygen atoms in total. The highest BCUT2D eigenvalue weighted by Crippen LogP contribution is 2.32. The minimum atomic E-state index is -4.39. The molecule has 0 aliphatic carbocycles. The Labute approximate surface area is 179 Å². The number of nitrogens with zero attached hydrogens (tertiary/aromatic N) is 4. The number of hydrogen-bond donors (Lipinski definition) is 1. The van der Waals surface area contributed by atoms with Crippen LogP contribution >= 0.6 is 0 Å². The van der Waals surface area contributed by atoms with Crippen LogP contribution in [0.4, 0.5) is 13.2 Å². The second-order valence-corrected chi connectivity index (χ2v) is 8.36. The number of aromatic nitrogens is 2. The third-order valence-electron chi connectivity index (χ3n) is 4.77. The van der Waals surface area contributed by atoms with E-state index in [0.29, 0.717) is 49.5 Å². The molecule has 2 aromatic rings. The second-order valence-electron chi connectivity index (χ2n) is 8.36. The maximum absolute atomic E-state index is 13.1. The molecule has 1 N–H and O–H groups in total. The average Bonchev–Trinajstić information content (AvgIpc) is 3.20. The predicted molar refractivity (Wildman–Crippen MR) is 110 cm³/mol. The highest BCUT2D eigenvalue weighted by Gasteiger charge is 2.32. The molecule has 3 rings (SSSR count). The fourth-order valence-electron chi connectivity index (χ4n) is 3.15. The molecule has 2 heterocycles. The van der Waals surface area contributed by atoms with Crippen molar-refractivity contribution in [3.05, 3.63) is 47.1 Å². The predicted octanol–water partition coefficient (Wildman–Crippen LogP) is 3.92. The zero-order chi connectivity index (χ0) is 22.6. The number of aliphatic imine (C=N–C) groups is 1. The van der Waals surface area contributed by atoms with Crippen LogP contribution in [0.2, 0.25) is 0 Å². The Balaban J connectivity index is 1.74. The maximum Gasteiger partial charge on any atom is 0.416 e. The largest absolute Gasteiger partial charge is 0.416 e. The van der Waals surface area contributed by atoms with Crippen LogP contribution in [0, 0.1) is 0 Å². The monoisotopic (exact) mass is 439 g/mol. The van der Waals surface area contributed by atoms with Crippen LogP contribution < -0.4 is 5.32 Å². The molecule has 0 bridgehead atoms. The zero-order valence-electron chi connectivity index (χ0n) is 18.2. The van der Waals surface area contributed by atoms with Crippen LogP contribution in [0.25, 0.3) is 0 Å². The number of rotatable bonds is 4. The molecule has 1 saturated heterocycles. The molecule has 1 fully saturated rings. The van der Waals surface area contributed by atoms with Crippen molar-refractivity contribution < 1.29 is 22.4 Å². The molecular weight excluding hydrogens is 411 g/mol. The number of morpholine rings is 1. The number of ether oxygens (including phenoxy) is 1. The summed E-state index contributed by atoms with van der Waals surface area (Å²) in [6.07, 6.45) is -4.88. The van der Waals surface area contributed by atoms with Crippen molar-refractivity contribution in [2.24, 2.45) is 4.99 Å². The van der Waals surface area contributed by atoms with Gasteiger partial charge in [-0.15, -0.1) is 0 Å². The molecule has 0 saturated carbocycles. The van der Waals surface area contributed by atoms with Gasteiger partial charge in [0.25, 0.3) is 0 Å². The van der Waals surface area contributed by atoms with Gasteiger partial charge in [0.15, 0.2) is 11.8 Å². The molecule has 0 spiro atoms. The average molecular weight is 439 g/mol. The molecule has 1 atom stereocenters. The summed E-state index contributed by atoms with van der Waals surface area (Å²) in [5.74, 6) is 1.64. The van der Waals surface area contributed by atoms with E-state index in [1.807, 2.05) is 32.6 Å². The number of benzene rings is 1. The SMILES string of the molecule is CCNC(=NCc1noc(C(C)(C)C)n1)N1CCOC(c2cccc(C(F)(F)F)c2)C1. The summed E-state index contributed by atoms with van der Waals surface area (Å²) in [5.41, 5.74) is -0.441. The molecule has 170 valence electrons. The first kappa shape index (κ1) is 23.1. The topological polar surface area (TPSA) is 75.8 Å². The first-order valence-corrected chi connectivity index (χ1v) is 10.2. The molecule has 1 aliphatic rings. The molecule has 0 radical (unpaired) electrons. The minimum absolute atomic E-state index is 0.230. The van der Waals surface area contributed by atoms with Crippen LogP contribution in [0.1, 0.15) is 56.6 Å². The van der Waals surface area contributed by atoms with Crippen LogP contribution in [-0.4, -0.2) is 47.2 Å². The van der Waals surface area contributed by atoms with Gasteiger partial charge in [0.2, 0.25) is 5.89 Å². The summed E-state index contributed by atoms with van der Waals surface area (Å²) >= 11 is 0. The number of alkyl halides is 3. The van der Waals surface area contributed by atoms with E-state index in [1.54, 1.807) is 6.07 Å². The molecule has 1 aliphatic heterocycles. The van der Waals surface area contributed by atoms with Gasteiger partial charge >= 0.3 is 6.18 Å². The van der Waals surface area contributed by atoms with Crippen LogP contribution in [0.15, 0.2) is 33.8 Å². The first-order chi connectivity index (χ1) is 14.6. The van der Waals surface area contributed by atoms with E-state index in [4.69, 9.17) is 9.26 Å². The van der Waals surface area contributed by atoms with E-state index in [9.17, 15) is 13.2 Å². The molecule has 31 heavy (non-hydrogen) atoms. The number of guanidine groups is 1. The Hall–Kier alpha value is -2.62. The van der Waals surface area contributed by atoms with Gasteiger partial charge in [0, 0.05) is 18.5 Å². The van der Waals surface area contributed by atoms with Crippen molar-refractivity contribution >= 4 is 5.96 Å². The van der Waals surface area contributed by atoms with E-state index in [2.05, 4.69) is 20.4 Å². The zero-order valence-corrected chi connectivity index (χ0v) is 18.2. The van der Waals surface area contributed by atoms with Crippen molar-refractivity contribution in [1.82, 2.24) is 20.4 Å². The van der Waals surface area contributed by atoms with Crippen LogP contribution in [-0.2, 0) is 22.9 Å². The summed E-state index contributed by atoms with van der Waals surface area (Å²) in [5, 5.41) is 7.21. The normalized spacial score (nSPS) is 18.4. The van der Waals surface area contributed by atoms with Gasteiger partial charge in [-0.2, -0.15) is 18.2 Å². The van der Waals surface area contributed by atoms with Crippen molar-refractivity contribution in [2.45, 2.75) is 51.9 Å². The maximum atomic E-state index is 13.1. The van der Waals surface area contributed by atoms with Crippen LogP contribution in [0.3, 0.4) is 0 Å². The summed E-state index contributed by atoms with van der Waals surface area (Å²) in [6.45, 7) is 10.1. The number of hydrogen-bond acceptors (Lipinski definition) is 5. The second kappa shape index (κ2) is 9.25. The minimum Gasteiger partial charge on any atom is -0.370 e. The van der Waals surface area contributed by atoms with Gasteiger partial charge in [-0.3, -0.25) is 0 Å². The van der Waals surface area contributed by atoms with Crippen molar-refractivity contribution in [3.8, 4) is 0 Å².